The zero-order chi connectivity index (χ0) is 94.0. The summed E-state index contributed by atoms with van der Waals surface area (Å²) in [5, 5.41) is 41.8. The maximum atomic E-state index is 13.0. The van der Waals surface area contributed by atoms with Gasteiger partial charge in [0, 0.05) is 137 Å². The summed E-state index contributed by atoms with van der Waals surface area (Å²) in [6, 6.07) is 83.1. The minimum absolute atomic E-state index is 0.0133. The Morgan fingerprint density at radius 1 is 0.393 bits per heavy atom. The van der Waals surface area contributed by atoms with Gasteiger partial charge in [-0.1, -0.05) is 214 Å². The number of pyridine rings is 4. The molecule has 0 unspecified atom stereocenters. The molecule has 29 heteroatoms. The van der Waals surface area contributed by atoms with Gasteiger partial charge in [-0.05, 0) is 222 Å². The number of aromatic nitrogens is 4. The van der Waals surface area contributed by atoms with Crippen LogP contribution < -0.4 is 37.2 Å². The fraction of sp³-hybridized carbons (Fsp3) is 0.151. The molecule has 19 rings (SSSR count). The normalized spacial score (nSPS) is 13.2. The Bertz CT molecular complexity index is 7170. The van der Waals surface area contributed by atoms with Crippen LogP contribution in [0.1, 0.15) is 83.5 Å². The molecule has 0 aliphatic carbocycles. The third-order valence-electron chi connectivity index (χ3n) is 22.8. The first kappa shape index (κ1) is 95.2. The van der Waals surface area contributed by atoms with E-state index in [2.05, 4.69) is 67.0 Å². The number of piperazine rings is 1. The molecule has 16 aromatic rings. The zero-order valence-electron chi connectivity index (χ0n) is 72.7. The Hall–Kier alpha value is -12.9. The summed E-state index contributed by atoms with van der Waals surface area (Å²) >= 11 is 51.8. The Kier molecular flexibility index (Phi) is 31.7. The summed E-state index contributed by atoms with van der Waals surface area (Å²) in [7, 11) is 0. The van der Waals surface area contributed by atoms with E-state index in [0.717, 1.165) is 137 Å². The highest BCUT2D eigenvalue weighted by Gasteiger charge is 2.24. The van der Waals surface area contributed by atoms with Crippen molar-refractivity contribution in [2.24, 2.45) is 4.99 Å². The van der Waals surface area contributed by atoms with E-state index in [-0.39, 0.29) is 42.2 Å². The number of nitrogens with zero attached hydrogens (tertiary/aromatic N) is 7. The van der Waals surface area contributed by atoms with Crippen LogP contribution in [-0.4, -0.2) is 129 Å². The number of amidine groups is 1. The van der Waals surface area contributed by atoms with Gasteiger partial charge in [-0.3, -0.25) is 53.7 Å². The molecule has 12 aromatic carbocycles. The van der Waals surface area contributed by atoms with Gasteiger partial charge < -0.3 is 47.1 Å². The van der Waals surface area contributed by atoms with Crippen LogP contribution in [0, 0.1) is 0 Å². The van der Waals surface area contributed by atoms with Crippen LogP contribution in [0.5, 0.6) is 0 Å². The first-order chi connectivity index (χ1) is 65.6. The number of hydrogen-bond acceptors (Lipinski definition) is 16. The van der Waals surface area contributed by atoms with E-state index in [1.165, 1.54) is 12.8 Å². The highest BCUT2D eigenvalue weighted by atomic mass is 35.5. The van der Waals surface area contributed by atoms with Gasteiger partial charge in [0.15, 0.2) is 0 Å². The van der Waals surface area contributed by atoms with E-state index >= 15 is 0 Å². The third kappa shape index (κ3) is 24.1. The number of nitrogens with one attached hydrogen (secondary N) is 7. The molecule has 3 aliphatic rings. The second-order valence-electron chi connectivity index (χ2n) is 32.3. The first-order valence-electron chi connectivity index (χ1n) is 43.5. The lowest BCUT2D eigenvalue weighted by atomic mass is 10.0. The number of aliphatic imine (C=N–C) groups is 1. The number of aliphatic hydroxyl groups is 1. The van der Waals surface area contributed by atoms with Crippen molar-refractivity contribution in [1.82, 2.24) is 45.7 Å². The number of benzene rings is 12. The molecule has 0 saturated carbocycles. The van der Waals surface area contributed by atoms with Gasteiger partial charge in [0.25, 0.3) is 29.7 Å². The lowest BCUT2D eigenvalue weighted by molar-refractivity contribution is -0.124. The standard InChI is InChI=1S/C27H22Cl2N4O2.C27H23Cl2N3O.C26H20Cl2N4O2.C26H23Cl2N3O2/c28-23-8-6-19(14-22(23)26-20-4-2-1-3-18(20)9-10-31-26)32-27(35)21-7-5-17(13-24(21)29)15-33-12-11-30-25(34)16-33;28-24-10-8-20(16-23(24)26-21-6-2-1-5-19(21)11-12-30-26)31-27(33)22-9-7-18(15-25(22)29)17-32-13-3-4-14-32;27-22-8-6-18(14-21(22)24-19-4-2-1-3-17(19)9-10-29-24)32-25(33)20-7-5-16(13-23(20)28)15-31-26-30-11-12-34-26;1-16(15-32)30-14-17-6-8-21(24(28)12-17)26(33)31-19-7-9-23(27)22(13-19)25-20-5-3-2-4-18(20)10-11-29-25/h1-10,13-14H,11-12,15-16H2,(H,30,34)(H,32,35);1-2,5-12,15-16H,3-4,13-14,17H2,(H,31,33);1-10,13-14H,11-12,15H2,(H,30,31)(H,32,33);2-13,16,30,32H,14-15H2,1H3,(H,31,33)/t;;;16-/m...0/s1. The number of fused-ring (bicyclic) bond motifs is 4. The molecule has 5 amide bonds. The average Bonchev–Trinajstić information content (AvgIpc) is 1.11. The van der Waals surface area contributed by atoms with Crippen molar-refractivity contribution in [2.75, 3.05) is 73.7 Å². The molecule has 680 valence electrons. The van der Waals surface area contributed by atoms with E-state index in [9.17, 15) is 24.0 Å². The van der Waals surface area contributed by atoms with Crippen LogP contribution >= 0.6 is 92.8 Å². The van der Waals surface area contributed by atoms with Gasteiger partial charge in [0.05, 0.1) is 105 Å². The summed E-state index contributed by atoms with van der Waals surface area (Å²) in [5.41, 5.74) is 13.9. The van der Waals surface area contributed by atoms with Crippen LogP contribution in [0.3, 0.4) is 0 Å². The van der Waals surface area contributed by atoms with Crippen molar-refractivity contribution in [3.63, 3.8) is 0 Å². The van der Waals surface area contributed by atoms with Gasteiger partial charge in [-0.2, -0.15) is 0 Å². The summed E-state index contributed by atoms with van der Waals surface area (Å²) < 4.78 is 5.33. The summed E-state index contributed by atoms with van der Waals surface area (Å²) in [4.78, 5) is 90.3. The SMILES string of the molecule is C[C@@H](CO)NCc1ccc(C(=O)Nc2ccc(Cl)c(-c3nccc4ccccc34)c2)c(Cl)c1.O=C(Nc1ccc(Cl)c(-c2nccc3ccccc23)c1)c1ccc(CN2CCCC2)cc1Cl.O=C(Nc1ccc(Cl)c(-c2nccc3ccccc23)c1)c1ccc(CNC2=NCCO2)cc1Cl.O=C1CN(Cc2ccc(C(=O)Nc3ccc(Cl)c(-c4nccc5ccccc45)c3)c(Cl)c2)CCN1. The smallest absolute Gasteiger partial charge is 0.285 e. The van der Waals surface area contributed by atoms with Gasteiger partial charge in [0.1, 0.15) is 6.61 Å². The Morgan fingerprint density at radius 2 is 0.726 bits per heavy atom. The molecule has 3 aliphatic heterocycles. The second-order valence-corrected chi connectivity index (χ2v) is 35.5. The minimum atomic E-state index is -0.321. The first-order valence-corrected chi connectivity index (χ1v) is 46.5. The number of rotatable bonds is 22. The summed E-state index contributed by atoms with van der Waals surface area (Å²) in [5.74, 6) is -1.20. The predicted octanol–water partition coefficient (Wildman–Crippen LogP) is 24.3. The van der Waals surface area contributed by atoms with E-state index in [1.807, 2.05) is 188 Å². The number of halogens is 8. The molecule has 8 N–H and O–H groups in total. The Labute approximate surface area is 819 Å². The largest absolute Gasteiger partial charge is 0.463 e. The van der Waals surface area contributed by atoms with Crippen LogP contribution in [-0.2, 0) is 35.7 Å². The quantitative estimate of drug-likeness (QED) is 0.0313. The van der Waals surface area contributed by atoms with E-state index < -0.39 is 0 Å². The highest BCUT2D eigenvalue weighted by molar-refractivity contribution is 6.38. The van der Waals surface area contributed by atoms with Crippen molar-refractivity contribution >= 4 is 194 Å². The summed E-state index contributed by atoms with van der Waals surface area (Å²) in [6.45, 7) is 9.66. The maximum Gasteiger partial charge on any atom is 0.285 e. The number of anilines is 4. The summed E-state index contributed by atoms with van der Waals surface area (Å²) in [6.07, 6.45) is 9.49. The minimum Gasteiger partial charge on any atom is -0.463 e. The number of carbonyl (C=O) groups is 5. The lowest BCUT2D eigenvalue weighted by Crippen LogP contribution is -2.47. The molecular formula is C106H88Cl8N14O7. The molecule has 135 heavy (non-hydrogen) atoms. The molecule has 4 aromatic heterocycles. The maximum absolute atomic E-state index is 13.0. The highest BCUT2D eigenvalue weighted by Crippen LogP contribution is 2.40. The second kappa shape index (κ2) is 44.9. The topological polar surface area (TPSA) is 269 Å². The zero-order valence-corrected chi connectivity index (χ0v) is 78.8. The third-order valence-corrected chi connectivity index (χ3v) is 25.4. The molecule has 0 spiro atoms. The van der Waals surface area contributed by atoms with E-state index in [0.29, 0.717) is 137 Å². The van der Waals surface area contributed by atoms with Crippen molar-refractivity contribution in [3.05, 3.63) is 376 Å². The van der Waals surface area contributed by atoms with Crippen LogP contribution in [0.4, 0.5) is 22.7 Å². The van der Waals surface area contributed by atoms with Crippen molar-refractivity contribution in [2.45, 2.75) is 52.0 Å². The van der Waals surface area contributed by atoms with Crippen LogP contribution in [0.25, 0.3) is 88.1 Å². The molecule has 2 fully saturated rings. The monoisotopic (exact) mass is 1950 g/mol. The Morgan fingerprint density at radius 3 is 1.06 bits per heavy atom. The van der Waals surface area contributed by atoms with Crippen molar-refractivity contribution in [1.29, 1.82) is 0 Å². The average molecular weight is 1950 g/mol. The lowest BCUT2D eigenvalue weighted by Gasteiger charge is -2.26. The number of likely N-dealkylation sites (tertiary alicyclic amines) is 1. The van der Waals surface area contributed by atoms with Crippen LogP contribution in [0.2, 0.25) is 40.2 Å². The fourth-order valence-corrected chi connectivity index (χ4v) is 17.9. The van der Waals surface area contributed by atoms with Gasteiger partial charge >= 0.3 is 0 Å². The number of ether oxygens (including phenoxy) is 1. The fourth-order valence-electron chi connectivity index (χ4n) is 15.9. The number of carbonyl (C=O) groups excluding carboxylic acids is 5. The van der Waals surface area contributed by atoms with Crippen molar-refractivity contribution in [3.8, 4) is 45.0 Å². The molecule has 0 radical (unpaired) electrons. The van der Waals surface area contributed by atoms with Crippen molar-refractivity contribution < 1.29 is 33.8 Å². The van der Waals surface area contributed by atoms with Gasteiger partial charge in [-0.15, -0.1) is 0 Å². The molecule has 1 atom stereocenters. The molecule has 2 saturated heterocycles. The number of amides is 5. The van der Waals surface area contributed by atoms with Gasteiger partial charge in [0.2, 0.25) is 5.91 Å². The molecule has 7 heterocycles. The van der Waals surface area contributed by atoms with E-state index in [4.69, 9.17) is 103 Å². The van der Waals surface area contributed by atoms with Crippen LogP contribution in [0.15, 0.2) is 297 Å². The Balaban J connectivity index is 0.000000131. The molecule has 21 nitrogen and oxygen atoms in total. The molecular weight excluding hydrogens is 1860 g/mol. The van der Waals surface area contributed by atoms with Gasteiger partial charge in [-0.25, -0.2) is 4.99 Å². The number of hydrogen-bond donors (Lipinski definition) is 8. The van der Waals surface area contributed by atoms with E-state index in [1.54, 1.807) is 116 Å². The number of aliphatic hydroxyl groups excluding tert-OH is 1. The predicted molar refractivity (Wildman–Crippen MR) is 548 cm³/mol. The molecule has 0 bridgehead atoms.